The summed E-state index contributed by atoms with van der Waals surface area (Å²) in [5.41, 5.74) is 2.17. The van der Waals surface area contributed by atoms with Gasteiger partial charge in [0.1, 0.15) is 11.8 Å². The van der Waals surface area contributed by atoms with Crippen LogP contribution in [0.5, 0.6) is 17.2 Å². The summed E-state index contributed by atoms with van der Waals surface area (Å²) < 4.78 is 49.4. The predicted octanol–water partition coefficient (Wildman–Crippen LogP) is 4.55. The van der Waals surface area contributed by atoms with Gasteiger partial charge in [0.25, 0.3) is 5.91 Å². The minimum absolute atomic E-state index is 0.0904. The number of halogens is 1. The normalized spacial score (nSPS) is 15.0. The highest BCUT2D eigenvalue weighted by molar-refractivity contribution is 7.89. The van der Waals surface area contributed by atoms with Crippen molar-refractivity contribution in [3.8, 4) is 17.2 Å². The van der Waals surface area contributed by atoms with E-state index in [1.54, 1.807) is 54.6 Å². The van der Waals surface area contributed by atoms with E-state index in [2.05, 4.69) is 5.32 Å². The van der Waals surface area contributed by atoms with E-state index in [1.807, 2.05) is 18.2 Å². The number of ether oxygens (including phenoxy) is 4. The quantitative estimate of drug-likeness (QED) is 0.230. The van der Waals surface area contributed by atoms with E-state index >= 15 is 0 Å². The third-order valence-corrected chi connectivity index (χ3v) is 10.1. The standard InChI is InChI=1S/C35H34ClN3O8S/c36-28-9-6-25(7-10-28)22-39(33(40)23-45-29-11-13-30(14-12-29)48(42,43)38-16-18-44-19-17-38)34(27-4-2-1-3-5-27)35(41)37-21-26-8-15-31-32(20-26)47-24-46-31/h1-15,20,34H,16-19,21-24H2,(H,37,41)/t34-/m0/s1. The summed E-state index contributed by atoms with van der Waals surface area (Å²) in [7, 11) is -3.69. The van der Waals surface area contributed by atoms with Crippen molar-refractivity contribution in [1.29, 1.82) is 0 Å². The van der Waals surface area contributed by atoms with Gasteiger partial charge in [0.2, 0.25) is 22.7 Å². The first-order chi connectivity index (χ1) is 23.3. The lowest BCUT2D eigenvalue weighted by atomic mass is 10.0. The topological polar surface area (TPSA) is 124 Å². The zero-order chi connectivity index (χ0) is 33.5. The molecule has 13 heteroatoms. The van der Waals surface area contributed by atoms with Gasteiger partial charge in [-0.25, -0.2) is 8.42 Å². The number of carbonyl (C=O) groups is 2. The highest BCUT2D eigenvalue weighted by Gasteiger charge is 2.32. The fourth-order valence-corrected chi connectivity index (χ4v) is 6.96. The van der Waals surface area contributed by atoms with Gasteiger partial charge in [-0.1, -0.05) is 60.1 Å². The van der Waals surface area contributed by atoms with Crippen LogP contribution in [0.25, 0.3) is 0 Å². The van der Waals surface area contributed by atoms with E-state index in [9.17, 15) is 18.0 Å². The van der Waals surface area contributed by atoms with Gasteiger partial charge in [0.05, 0.1) is 18.1 Å². The molecular weight excluding hydrogens is 658 g/mol. The Bertz CT molecular complexity index is 1830. The van der Waals surface area contributed by atoms with Crippen molar-refractivity contribution in [2.24, 2.45) is 0 Å². The van der Waals surface area contributed by atoms with Gasteiger partial charge in [-0.3, -0.25) is 9.59 Å². The number of sulfonamides is 1. The van der Waals surface area contributed by atoms with Crippen LogP contribution in [-0.4, -0.2) is 69.1 Å². The van der Waals surface area contributed by atoms with Crippen LogP contribution in [0, 0.1) is 0 Å². The molecule has 1 fully saturated rings. The largest absolute Gasteiger partial charge is 0.484 e. The highest BCUT2D eigenvalue weighted by Crippen LogP contribution is 2.33. The molecule has 1 N–H and O–H groups in total. The summed E-state index contributed by atoms with van der Waals surface area (Å²) in [6, 6.07) is 26.4. The minimum atomic E-state index is -3.69. The van der Waals surface area contributed by atoms with Crippen molar-refractivity contribution < 1.29 is 37.0 Å². The Hall–Kier alpha value is -4.62. The Morgan fingerprint density at radius 3 is 2.29 bits per heavy atom. The predicted molar refractivity (Wildman–Crippen MR) is 177 cm³/mol. The molecule has 11 nitrogen and oxygen atoms in total. The molecule has 48 heavy (non-hydrogen) atoms. The molecule has 2 amide bonds. The summed E-state index contributed by atoms with van der Waals surface area (Å²) in [5.74, 6) is 0.699. The molecule has 1 atom stereocenters. The Morgan fingerprint density at radius 2 is 1.56 bits per heavy atom. The zero-order valence-electron chi connectivity index (χ0n) is 25.9. The maximum absolute atomic E-state index is 14.0. The molecule has 0 aromatic heterocycles. The average Bonchev–Trinajstić information content (AvgIpc) is 3.59. The van der Waals surface area contributed by atoms with Gasteiger partial charge < -0.3 is 29.2 Å². The van der Waals surface area contributed by atoms with Crippen LogP contribution in [0.3, 0.4) is 0 Å². The van der Waals surface area contributed by atoms with Crippen molar-refractivity contribution >= 4 is 33.4 Å². The fourth-order valence-electron chi connectivity index (χ4n) is 5.43. The van der Waals surface area contributed by atoms with Gasteiger partial charge in [0, 0.05) is 31.2 Å². The number of nitrogens with zero attached hydrogens (tertiary/aromatic N) is 2. The van der Waals surface area contributed by atoms with Gasteiger partial charge in [-0.15, -0.1) is 0 Å². The van der Waals surface area contributed by atoms with E-state index in [-0.39, 0.29) is 43.8 Å². The van der Waals surface area contributed by atoms with Crippen LogP contribution in [-0.2, 0) is 37.4 Å². The van der Waals surface area contributed by atoms with E-state index < -0.39 is 28.6 Å². The van der Waals surface area contributed by atoms with Crippen LogP contribution < -0.4 is 19.5 Å². The second-order valence-corrected chi connectivity index (χ2v) is 13.5. The molecule has 1 saturated heterocycles. The molecular formula is C35H34ClN3O8S. The average molecular weight is 692 g/mol. The molecule has 4 aromatic carbocycles. The zero-order valence-corrected chi connectivity index (χ0v) is 27.5. The smallest absolute Gasteiger partial charge is 0.261 e. The molecule has 0 spiro atoms. The molecule has 6 rings (SSSR count). The summed E-state index contributed by atoms with van der Waals surface area (Å²) in [5, 5.41) is 3.52. The second-order valence-electron chi connectivity index (χ2n) is 11.1. The van der Waals surface area contributed by atoms with Crippen LogP contribution in [0.15, 0.2) is 102 Å². The minimum Gasteiger partial charge on any atom is -0.484 e. The van der Waals surface area contributed by atoms with Gasteiger partial charge in [-0.05, 0) is 65.2 Å². The Labute approximate surface area is 284 Å². The van der Waals surface area contributed by atoms with Crippen LogP contribution in [0.4, 0.5) is 0 Å². The maximum Gasteiger partial charge on any atom is 0.261 e. The summed E-state index contributed by atoms with van der Waals surface area (Å²) in [6.45, 7) is 1.28. The second kappa shape index (κ2) is 15.1. The Balaban J connectivity index is 1.21. The first kappa shape index (κ1) is 33.3. The molecule has 4 aromatic rings. The SMILES string of the molecule is O=C(NCc1ccc2c(c1)OCO2)[C@H](c1ccccc1)N(Cc1ccc(Cl)cc1)C(=O)COc1ccc(S(=O)(=O)N2CCOCC2)cc1. The number of rotatable bonds is 12. The lowest BCUT2D eigenvalue weighted by Gasteiger charge is -2.31. The van der Waals surface area contributed by atoms with E-state index in [0.717, 1.165) is 11.1 Å². The van der Waals surface area contributed by atoms with E-state index in [0.29, 0.717) is 41.0 Å². The van der Waals surface area contributed by atoms with Crippen molar-refractivity contribution in [3.05, 3.63) is 119 Å². The number of benzene rings is 4. The van der Waals surface area contributed by atoms with Crippen molar-refractivity contribution in [1.82, 2.24) is 14.5 Å². The molecule has 250 valence electrons. The lowest BCUT2D eigenvalue weighted by molar-refractivity contribution is -0.143. The molecule has 0 aliphatic carbocycles. The van der Waals surface area contributed by atoms with E-state index in [1.165, 1.54) is 33.5 Å². The summed E-state index contributed by atoms with van der Waals surface area (Å²) >= 11 is 6.13. The third kappa shape index (κ3) is 7.91. The number of carbonyl (C=O) groups excluding carboxylic acids is 2. The Kier molecular flexibility index (Phi) is 10.5. The number of amides is 2. The molecule has 0 saturated carbocycles. The van der Waals surface area contributed by atoms with Gasteiger partial charge in [-0.2, -0.15) is 4.31 Å². The van der Waals surface area contributed by atoms with Crippen molar-refractivity contribution in [2.75, 3.05) is 39.7 Å². The first-order valence-corrected chi connectivity index (χ1v) is 17.2. The third-order valence-electron chi connectivity index (χ3n) is 7.96. The molecule has 0 unspecified atom stereocenters. The number of morpholine rings is 1. The number of hydrogen-bond acceptors (Lipinski definition) is 8. The number of hydrogen-bond donors (Lipinski definition) is 1. The fraction of sp³-hybridized carbons (Fsp3) is 0.257. The van der Waals surface area contributed by atoms with Crippen LogP contribution in [0.1, 0.15) is 22.7 Å². The van der Waals surface area contributed by atoms with E-state index in [4.69, 9.17) is 30.5 Å². The van der Waals surface area contributed by atoms with Crippen molar-refractivity contribution in [2.45, 2.75) is 24.0 Å². The Morgan fingerprint density at radius 1 is 0.875 bits per heavy atom. The maximum atomic E-state index is 14.0. The number of nitrogens with one attached hydrogen (secondary N) is 1. The molecule has 0 radical (unpaired) electrons. The summed E-state index contributed by atoms with van der Waals surface area (Å²) in [6.07, 6.45) is 0. The van der Waals surface area contributed by atoms with Gasteiger partial charge >= 0.3 is 0 Å². The first-order valence-electron chi connectivity index (χ1n) is 15.3. The van der Waals surface area contributed by atoms with Crippen molar-refractivity contribution in [3.63, 3.8) is 0 Å². The van der Waals surface area contributed by atoms with Crippen LogP contribution >= 0.6 is 11.6 Å². The molecule has 0 bridgehead atoms. The molecule has 2 aliphatic rings. The van der Waals surface area contributed by atoms with Crippen LogP contribution in [0.2, 0.25) is 5.02 Å². The molecule has 2 heterocycles. The lowest BCUT2D eigenvalue weighted by Crippen LogP contribution is -2.45. The monoisotopic (exact) mass is 691 g/mol. The highest BCUT2D eigenvalue weighted by atomic mass is 35.5. The molecule has 2 aliphatic heterocycles. The number of fused-ring (bicyclic) bond motifs is 1. The van der Waals surface area contributed by atoms with Gasteiger partial charge in [0.15, 0.2) is 18.1 Å². The summed E-state index contributed by atoms with van der Waals surface area (Å²) in [4.78, 5) is 29.6.